The van der Waals surface area contributed by atoms with Crippen LogP contribution in [0.5, 0.6) is 0 Å². The van der Waals surface area contributed by atoms with Crippen LogP contribution in [0.3, 0.4) is 0 Å². The van der Waals surface area contributed by atoms with Crippen molar-refractivity contribution in [1.29, 1.82) is 0 Å². The van der Waals surface area contributed by atoms with E-state index in [-0.39, 0.29) is 0 Å². The Morgan fingerprint density at radius 2 is 2.00 bits per heavy atom. The van der Waals surface area contributed by atoms with Crippen molar-refractivity contribution in [2.45, 2.75) is 6.92 Å². The Morgan fingerprint density at radius 1 is 1.24 bits per heavy atom. The first-order valence-electron chi connectivity index (χ1n) is 4.27. The van der Waals surface area contributed by atoms with Gasteiger partial charge >= 0.3 is 0 Å². The van der Waals surface area contributed by atoms with Gasteiger partial charge in [-0.2, -0.15) is 0 Å². The zero-order valence-corrected chi connectivity index (χ0v) is 13.3. The number of hydrogen-bond acceptors (Lipinski definition) is 7. The maximum Gasteiger partial charge on any atom is 0.213 e. The molecule has 0 radical (unpaired) electrons. The standard InChI is InChI=1S/C5H4BrN3S.C2H2BrN3S/c1-3-2-9-5(7-3)10-4(6)8-9;3-1-5-6-2(4)7-1/h2H,1H3;(H2,4,6). The van der Waals surface area contributed by atoms with E-state index in [1.165, 1.54) is 22.7 Å². The van der Waals surface area contributed by atoms with Crippen LogP contribution in [0.25, 0.3) is 4.96 Å². The van der Waals surface area contributed by atoms with Crippen molar-refractivity contribution >= 4 is 64.6 Å². The first-order valence-corrected chi connectivity index (χ1v) is 7.49. The quantitative estimate of drug-likeness (QED) is 0.630. The molecule has 0 bridgehead atoms. The average Bonchev–Trinajstić information content (AvgIpc) is 2.82. The van der Waals surface area contributed by atoms with Gasteiger partial charge in [0, 0.05) is 0 Å². The summed E-state index contributed by atoms with van der Waals surface area (Å²) < 4.78 is 3.37. The molecule has 3 heterocycles. The third-order valence-electron chi connectivity index (χ3n) is 1.55. The number of hydrogen-bond donors (Lipinski definition) is 1. The van der Waals surface area contributed by atoms with Crippen LogP contribution in [-0.2, 0) is 0 Å². The molecule has 0 atom stereocenters. The number of nitrogen functional groups attached to an aromatic ring is 1. The van der Waals surface area contributed by atoms with Crippen LogP contribution < -0.4 is 5.73 Å². The Balaban J connectivity index is 0.000000136. The van der Waals surface area contributed by atoms with Gasteiger partial charge in [-0.15, -0.1) is 15.3 Å². The molecular weight excluding hydrogens is 392 g/mol. The molecule has 0 fully saturated rings. The summed E-state index contributed by atoms with van der Waals surface area (Å²) in [5.74, 6) is 0. The number of nitrogens with zero attached hydrogens (tertiary/aromatic N) is 5. The topological polar surface area (TPSA) is 82.0 Å². The smallest absolute Gasteiger partial charge is 0.213 e. The molecule has 6 nitrogen and oxygen atoms in total. The maximum atomic E-state index is 5.19. The number of imidazole rings is 1. The summed E-state index contributed by atoms with van der Waals surface area (Å²) in [7, 11) is 0. The van der Waals surface area contributed by atoms with E-state index in [1.54, 1.807) is 4.52 Å². The number of fused-ring (bicyclic) bond motifs is 1. The highest BCUT2D eigenvalue weighted by Gasteiger charge is 2.01. The minimum atomic E-state index is 0.492. The molecule has 0 saturated carbocycles. The molecule has 3 aromatic heterocycles. The third kappa shape index (κ3) is 3.44. The molecule has 0 aliphatic carbocycles. The number of aromatic nitrogens is 5. The van der Waals surface area contributed by atoms with E-state index in [2.05, 4.69) is 52.1 Å². The fourth-order valence-corrected chi connectivity index (χ4v) is 3.17. The lowest BCUT2D eigenvalue weighted by atomic mass is 10.6. The van der Waals surface area contributed by atoms with Gasteiger partial charge < -0.3 is 5.73 Å². The average molecular weight is 398 g/mol. The summed E-state index contributed by atoms with van der Waals surface area (Å²) in [4.78, 5) is 5.16. The maximum absolute atomic E-state index is 5.19. The summed E-state index contributed by atoms with van der Waals surface area (Å²) in [6.07, 6.45) is 1.90. The molecule has 0 aliphatic rings. The number of anilines is 1. The monoisotopic (exact) mass is 396 g/mol. The number of rotatable bonds is 0. The largest absolute Gasteiger partial charge is 0.374 e. The lowest BCUT2D eigenvalue weighted by Crippen LogP contribution is -1.79. The van der Waals surface area contributed by atoms with Gasteiger partial charge in [0.25, 0.3) is 0 Å². The molecule has 0 spiro atoms. The SMILES string of the molecule is Cc1cn2nc(Br)sc2n1.Nc1nnc(Br)s1. The molecule has 90 valence electrons. The van der Waals surface area contributed by atoms with Gasteiger partial charge in [0.2, 0.25) is 10.1 Å². The zero-order chi connectivity index (χ0) is 12.4. The van der Waals surface area contributed by atoms with Crippen molar-refractivity contribution in [3.8, 4) is 0 Å². The molecule has 0 amide bonds. The third-order valence-corrected chi connectivity index (χ3v) is 4.10. The van der Waals surface area contributed by atoms with Crippen molar-refractivity contribution in [1.82, 2.24) is 24.8 Å². The van der Waals surface area contributed by atoms with Crippen LogP contribution in [0.15, 0.2) is 14.0 Å². The highest BCUT2D eigenvalue weighted by Crippen LogP contribution is 2.18. The van der Waals surface area contributed by atoms with Gasteiger partial charge in [-0.05, 0) is 38.8 Å². The van der Waals surface area contributed by atoms with Crippen molar-refractivity contribution in [3.63, 3.8) is 0 Å². The summed E-state index contributed by atoms with van der Waals surface area (Å²) >= 11 is 9.22. The van der Waals surface area contributed by atoms with Crippen molar-refractivity contribution in [3.05, 3.63) is 19.7 Å². The van der Waals surface area contributed by atoms with E-state index in [0.29, 0.717) is 5.13 Å². The Kier molecular flexibility index (Phi) is 4.07. The van der Waals surface area contributed by atoms with Gasteiger partial charge in [0.15, 0.2) is 7.83 Å². The van der Waals surface area contributed by atoms with Crippen molar-refractivity contribution in [2.75, 3.05) is 5.73 Å². The summed E-state index contributed by atoms with van der Waals surface area (Å²) in [6, 6.07) is 0. The van der Waals surface area contributed by atoms with Crippen LogP contribution in [0.1, 0.15) is 5.69 Å². The van der Waals surface area contributed by atoms with Crippen molar-refractivity contribution < 1.29 is 0 Å². The normalized spacial score (nSPS) is 10.3. The predicted molar refractivity (Wildman–Crippen MR) is 75.3 cm³/mol. The van der Waals surface area contributed by atoms with Gasteiger partial charge in [0.1, 0.15) is 0 Å². The van der Waals surface area contributed by atoms with Crippen molar-refractivity contribution in [2.24, 2.45) is 0 Å². The molecule has 2 N–H and O–H groups in total. The zero-order valence-electron chi connectivity index (χ0n) is 8.46. The van der Waals surface area contributed by atoms with Crippen LogP contribution >= 0.6 is 54.5 Å². The summed E-state index contributed by atoms with van der Waals surface area (Å²) in [6.45, 7) is 1.95. The Hall–Kier alpha value is -0.580. The lowest BCUT2D eigenvalue weighted by Gasteiger charge is -1.73. The van der Waals surface area contributed by atoms with Gasteiger partial charge in [-0.1, -0.05) is 22.7 Å². The van der Waals surface area contributed by atoms with Crippen LogP contribution in [-0.4, -0.2) is 24.8 Å². The van der Waals surface area contributed by atoms with Gasteiger partial charge in [-0.3, -0.25) is 0 Å². The highest BCUT2D eigenvalue weighted by atomic mass is 79.9. The van der Waals surface area contributed by atoms with E-state index in [1.807, 2.05) is 13.1 Å². The fraction of sp³-hybridized carbons (Fsp3) is 0.143. The lowest BCUT2D eigenvalue weighted by molar-refractivity contribution is 0.956. The van der Waals surface area contributed by atoms with E-state index in [0.717, 1.165) is 18.5 Å². The van der Waals surface area contributed by atoms with Gasteiger partial charge in [-0.25, -0.2) is 9.50 Å². The highest BCUT2D eigenvalue weighted by molar-refractivity contribution is 9.11. The molecule has 10 heteroatoms. The molecule has 0 unspecified atom stereocenters. The Bertz CT molecular complexity index is 550. The van der Waals surface area contributed by atoms with E-state index in [4.69, 9.17) is 5.73 Å². The molecule has 3 rings (SSSR count). The predicted octanol–water partition coefficient (Wildman–Crippen LogP) is 2.74. The van der Waals surface area contributed by atoms with Gasteiger partial charge in [0.05, 0.1) is 11.9 Å². The fourth-order valence-electron chi connectivity index (χ4n) is 1.00. The Morgan fingerprint density at radius 3 is 2.47 bits per heavy atom. The van der Waals surface area contributed by atoms with E-state index >= 15 is 0 Å². The number of nitrogens with two attached hydrogens (primary N) is 1. The Labute approximate surface area is 121 Å². The number of halogens is 2. The van der Waals surface area contributed by atoms with Crippen LogP contribution in [0.2, 0.25) is 0 Å². The van der Waals surface area contributed by atoms with Crippen LogP contribution in [0.4, 0.5) is 5.13 Å². The molecule has 0 saturated heterocycles. The minimum absolute atomic E-state index is 0.492. The number of aryl methyl sites for hydroxylation is 1. The molecular formula is C7H6Br2N6S2. The second-order valence-corrected chi connectivity index (χ2v) is 7.37. The van der Waals surface area contributed by atoms with E-state index < -0.39 is 0 Å². The van der Waals surface area contributed by atoms with E-state index in [9.17, 15) is 0 Å². The summed E-state index contributed by atoms with van der Waals surface area (Å²) in [5, 5.41) is 11.7. The first kappa shape index (κ1) is 12.9. The molecule has 0 aromatic carbocycles. The van der Waals surface area contributed by atoms with Crippen LogP contribution in [0, 0.1) is 6.92 Å². The minimum Gasteiger partial charge on any atom is -0.374 e. The molecule has 3 aromatic rings. The summed E-state index contributed by atoms with van der Waals surface area (Å²) in [5.41, 5.74) is 6.20. The second kappa shape index (κ2) is 5.38. The molecule has 0 aliphatic heterocycles. The second-order valence-electron chi connectivity index (χ2n) is 2.86. The molecule has 17 heavy (non-hydrogen) atoms. The first-order chi connectivity index (χ1) is 8.04.